The molecule has 1 aliphatic heterocycles. The zero-order valence-electron chi connectivity index (χ0n) is 16.5. The molecule has 0 amide bonds. The van der Waals surface area contributed by atoms with Crippen LogP contribution < -0.4 is 16.0 Å². The molecule has 140 valence electrons. The van der Waals surface area contributed by atoms with E-state index >= 15 is 0 Å². The van der Waals surface area contributed by atoms with Gasteiger partial charge in [0.2, 0.25) is 11.4 Å². The van der Waals surface area contributed by atoms with Gasteiger partial charge in [-0.2, -0.15) is 4.57 Å². The Kier molecular flexibility index (Phi) is 4.79. The van der Waals surface area contributed by atoms with Gasteiger partial charge in [0.25, 0.3) is 0 Å². The van der Waals surface area contributed by atoms with E-state index in [2.05, 4.69) is 60.0 Å². The molecule has 0 saturated heterocycles. The third-order valence-electron chi connectivity index (χ3n) is 6.19. The second-order valence-corrected chi connectivity index (χ2v) is 7.78. The molecule has 4 nitrogen and oxygen atoms in total. The number of aryl methyl sites for hydroxylation is 1. The van der Waals surface area contributed by atoms with Gasteiger partial charge in [0.15, 0.2) is 6.20 Å². The highest BCUT2D eigenvalue weighted by Crippen LogP contribution is 2.42. The minimum atomic E-state index is -0.737. The van der Waals surface area contributed by atoms with Crippen molar-refractivity contribution < 1.29 is 4.57 Å². The van der Waals surface area contributed by atoms with Crippen LogP contribution in [0.15, 0.2) is 72.6 Å². The van der Waals surface area contributed by atoms with Gasteiger partial charge in [0.05, 0.1) is 0 Å². The highest BCUT2D eigenvalue weighted by atomic mass is 15.0. The van der Waals surface area contributed by atoms with Crippen LogP contribution in [0.4, 0.5) is 0 Å². The number of nitrogens with zero attached hydrogens (tertiary/aromatic N) is 2. The molecule has 1 aromatic carbocycles. The molecule has 3 rings (SSSR count). The highest BCUT2D eigenvalue weighted by Gasteiger charge is 2.51. The molecule has 4 heteroatoms. The normalized spacial score (nSPS) is 25.6. The second-order valence-electron chi connectivity index (χ2n) is 7.78. The summed E-state index contributed by atoms with van der Waals surface area (Å²) in [5.41, 5.74) is 16.9. The smallest absolute Gasteiger partial charge is 0.218 e. The molecule has 1 aliphatic rings. The van der Waals surface area contributed by atoms with E-state index in [0.29, 0.717) is 5.82 Å². The first kappa shape index (κ1) is 19.1. The first-order valence-electron chi connectivity index (χ1n) is 9.26. The van der Waals surface area contributed by atoms with Crippen molar-refractivity contribution in [1.29, 1.82) is 0 Å². The summed E-state index contributed by atoms with van der Waals surface area (Å²) >= 11 is 0. The van der Waals surface area contributed by atoms with Crippen molar-refractivity contribution in [2.45, 2.75) is 39.2 Å². The Morgan fingerprint density at radius 3 is 2.52 bits per heavy atom. The van der Waals surface area contributed by atoms with Gasteiger partial charge in [-0.3, -0.25) is 0 Å². The summed E-state index contributed by atoms with van der Waals surface area (Å²) in [6.07, 6.45) is 3.73. The van der Waals surface area contributed by atoms with Crippen LogP contribution >= 0.6 is 0 Å². The predicted molar refractivity (Wildman–Crippen MR) is 113 cm³/mol. The molecule has 4 N–H and O–H groups in total. The fourth-order valence-corrected chi connectivity index (χ4v) is 3.99. The van der Waals surface area contributed by atoms with Crippen molar-refractivity contribution in [3.05, 3.63) is 73.2 Å². The molecule has 0 radical (unpaired) electrons. The van der Waals surface area contributed by atoms with Crippen molar-refractivity contribution in [1.82, 2.24) is 0 Å². The summed E-state index contributed by atoms with van der Waals surface area (Å²) in [6, 6.07) is 14.7. The monoisotopic (exact) mass is 361 g/mol. The number of fused-ring (bicyclic) bond motifs is 3. The van der Waals surface area contributed by atoms with Crippen LogP contribution in [0.25, 0.3) is 17.0 Å². The minimum absolute atomic E-state index is 0.295. The molecule has 1 aromatic heterocycles. The minimum Gasteiger partial charge on any atom is -0.384 e. The number of pyridine rings is 1. The molecule has 0 aliphatic carbocycles. The lowest BCUT2D eigenvalue weighted by Gasteiger charge is -2.42. The zero-order valence-corrected chi connectivity index (χ0v) is 16.5. The summed E-state index contributed by atoms with van der Waals surface area (Å²) in [4.78, 5) is 4.49. The number of aliphatic imine (C=N–C) groups is 1. The van der Waals surface area contributed by atoms with Crippen LogP contribution in [0, 0.1) is 5.41 Å². The van der Waals surface area contributed by atoms with Crippen LogP contribution in [0.2, 0.25) is 0 Å². The number of nitrogens with two attached hydrogens (primary N) is 2. The molecule has 27 heavy (non-hydrogen) atoms. The first-order chi connectivity index (χ1) is 12.7. The maximum absolute atomic E-state index is 6.99. The Hall–Kier alpha value is -2.72. The molecule has 2 unspecified atom stereocenters. The number of benzene rings is 1. The molecule has 0 fully saturated rings. The molecule has 0 saturated carbocycles. The van der Waals surface area contributed by atoms with Gasteiger partial charge in [0, 0.05) is 28.8 Å². The van der Waals surface area contributed by atoms with Crippen LogP contribution in [0.1, 0.15) is 32.8 Å². The third-order valence-corrected chi connectivity index (χ3v) is 6.19. The topological polar surface area (TPSA) is 68.3 Å². The lowest BCUT2D eigenvalue weighted by Crippen LogP contribution is -2.61. The van der Waals surface area contributed by atoms with Gasteiger partial charge < -0.3 is 11.5 Å². The lowest BCUT2D eigenvalue weighted by molar-refractivity contribution is -0.575. The molecular formula is C23H29N4+. The highest BCUT2D eigenvalue weighted by molar-refractivity contribution is 5.91. The first-order valence-corrected chi connectivity index (χ1v) is 9.26. The van der Waals surface area contributed by atoms with Gasteiger partial charge in [-0.15, -0.1) is 0 Å². The Morgan fingerprint density at radius 2 is 1.81 bits per heavy atom. The summed E-state index contributed by atoms with van der Waals surface area (Å²) in [6.45, 7) is 14.3. The average molecular weight is 362 g/mol. The van der Waals surface area contributed by atoms with Crippen molar-refractivity contribution in [3.8, 4) is 11.3 Å². The Bertz CT molecular complexity index is 939. The molecule has 2 atom stereocenters. The van der Waals surface area contributed by atoms with Crippen molar-refractivity contribution >= 4 is 11.4 Å². The SMILES string of the molecule is C=C(N)/N=C(\C)C1(C)CCc2ccccc2-c2cccc[n+]2C(=C)C1(C)N. The van der Waals surface area contributed by atoms with Gasteiger partial charge in [0.1, 0.15) is 11.4 Å². The fraction of sp³-hybridized carbons (Fsp3) is 0.304. The summed E-state index contributed by atoms with van der Waals surface area (Å²) in [7, 11) is 0. The van der Waals surface area contributed by atoms with Gasteiger partial charge in [-0.25, -0.2) is 4.99 Å². The van der Waals surface area contributed by atoms with E-state index in [4.69, 9.17) is 11.5 Å². The van der Waals surface area contributed by atoms with Gasteiger partial charge >= 0.3 is 0 Å². The van der Waals surface area contributed by atoms with E-state index in [0.717, 1.165) is 29.9 Å². The zero-order chi connectivity index (χ0) is 19.8. The maximum atomic E-state index is 6.99. The van der Waals surface area contributed by atoms with E-state index in [-0.39, 0.29) is 0 Å². The molecule has 0 bridgehead atoms. The van der Waals surface area contributed by atoms with E-state index in [9.17, 15) is 0 Å². The van der Waals surface area contributed by atoms with Crippen LogP contribution in [-0.4, -0.2) is 11.3 Å². The van der Waals surface area contributed by atoms with Gasteiger partial charge in [-0.05, 0) is 51.0 Å². The molecule has 2 aromatic rings. The molecule has 0 spiro atoms. The Balaban J connectivity index is 2.30. The largest absolute Gasteiger partial charge is 0.384 e. The van der Waals surface area contributed by atoms with E-state index in [1.54, 1.807) is 0 Å². The van der Waals surface area contributed by atoms with Crippen LogP contribution in [0.5, 0.6) is 0 Å². The number of hydrogen-bond donors (Lipinski definition) is 2. The van der Waals surface area contributed by atoms with Crippen LogP contribution in [-0.2, 0) is 6.42 Å². The van der Waals surface area contributed by atoms with E-state index < -0.39 is 11.0 Å². The fourth-order valence-electron chi connectivity index (χ4n) is 3.99. The van der Waals surface area contributed by atoms with Crippen LogP contribution in [0.3, 0.4) is 0 Å². The summed E-state index contributed by atoms with van der Waals surface area (Å²) in [5, 5.41) is 0. The number of rotatable bonds is 2. The van der Waals surface area contributed by atoms with Crippen molar-refractivity contribution in [2.24, 2.45) is 21.9 Å². The standard InChI is InChI=1S/C23H29N4/c1-16(26-18(3)24)22(4)14-13-19-10-6-7-11-20(19)21-12-8-9-15-27(21)17(2)23(22,5)25/h6-12,15H,2-3,13-14,24-25H2,1,4-5H3/q+1/b26-16+. The van der Waals surface area contributed by atoms with Crippen molar-refractivity contribution in [3.63, 3.8) is 0 Å². The van der Waals surface area contributed by atoms with Gasteiger partial charge in [-0.1, -0.05) is 31.7 Å². The third kappa shape index (κ3) is 3.10. The summed E-state index contributed by atoms with van der Waals surface area (Å²) in [5.74, 6) is 0.295. The predicted octanol–water partition coefficient (Wildman–Crippen LogP) is 3.67. The Morgan fingerprint density at radius 1 is 1.15 bits per heavy atom. The number of aromatic nitrogens is 1. The quantitative estimate of drug-likeness (QED) is 0.633. The maximum Gasteiger partial charge on any atom is 0.218 e. The number of hydrogen-bond acceptors (Lipinski definition) is 3. The summed E-state index contributed by atoms with van der Waals surface area (Å²) < 4.78 is 2.10. The van der Waals surface area contributed by atoms with E-state index in [1.165, 1.54) is 11.1 Å². The van der Waals surface area contributed by atoms with Crippen molar-refractivity contribution in [2.75, 3.05) is 0 Å². The Labute approximate surface area is 161 Å². The average Bonchev–Trinajstić information content (AvgIpc) is 2.66. The van der Waals surface area contributed by atoms with E-state index in [1.807, 2.05) is 32.2 Å². The molecular weight excluding hydrogens is 332 g/mol. The second kappa shape index (κ2) is 6.78. The lowest BCUT2D eigenvalue weighted by atomic mass is 9.65. The molecule has 2 heterocycles.